The third-order valence-electron chi connectivity index (χ3n) is 3.88. The lowest BCUT2D eigenvalue weighted by Gasteiger charge is -2.13. The second-order valence-electron chi connectivity index (χ2n) is 5.65. The van der Waals surface area contributed by atoms with Gasteiger partial charge in [0.25, 0.3) is 5.91 Å². The predicted octanol–water partition coefficient (Wildman–Crippen LogP) is 1.62. The summed E-state index contributed by atoms with van der Waals surface area (Å²) in [6.07, 6.45) is 0. The van der Waals surface area contributed by atoms with Gasteiger partial charge < -0.3 is 15.7 Å². The molecule has 1 aliphatic heterocycles. The molecule has 4 amide bonds. The van der Waals surface area contributed by atoms with Crippen LogP contribution < -0.4 is 10.6 Å². The lowest BCUT2D eigenvalue weighted by Crippen LogP contribution is -2.38. The molecule has 1 fully saturated rings. The van der Waals surface area contributed by atoms with Crippen molar-refractivity contribution in [2.75, 3.05) is 11.9 Å². The van der Waals surface area contributed by atoms with Gasteiger partial charge in [0.2, 0.25) is 5.91 Å². The van der Waals surface area contributed by atoms with E-state index >= 15 is 0 Å². The Bertz CT molecular complexity index is 864. The van der Waals surface area contributed by atoms with E-state index in [1.807, 2.05) is 0 Å². The summed E-state index contributed by atoms with van der Waals surface area (Å²) in [7, 11) is 0. The molecule has 3 N–H and O–H groups in total. The van der Waals surface area contributed by atoms with E-state index in [0.29, 0.717) is 11.3 Å². The highest BCUT2D eigenvalue weighted by Crippen LogP contribution is 2.21. The Hall–Kier alpha value is -3.68. The molecule has 0 aliphatic carbocycles. The second-order valence-corrected chi connectivity index (χ2v) is 5.65. The van der Waals surface area contributed by atoms with Crippen LogP contribution in [0.4, 0.5) is 10.5 Å². The minimum absolute atomic E-state index is 0.0859. The average Bonchev–Trinajstić information content (AvgIpc) is 2.91. The van der Waals surface area contributed by atoms with Gasteiger partial charge in [0.15, 0.2) is 0 Å². The molecular weight excluding hydrogens is 338 g/mol. The van der Waals surface area contributed by atoms with Gasteiger partial charge in [-0.3, -0.25) is 14.5 Å². The number of nitrogens with zero attached hydrogens (tertiary/aromatic N) is 1. The van der Waals surface area contributed by atoms with Gasteiger partial charge in [-0.15, -0.1) is 0 Å². The molecule has 0 bridgehead atoms. The number of benzene rings is 2. The van der Waals surface area contributed by atoms with Crippen molar-refractivity contribution in [3.05, 3.63) is 65.7 Å². The van der Waals surface area contributed by atoms with Gasteiger partial charge in [-0.05, 0) is 29.8 Å². The number of amides is 4. The van der Waals surface area contributed by atoms with E-state index in [1.54, 1.807) is 30.3 Å². The van der Waals surface area contributed by atoms with Crippen molar-refractivity contribution in [3.63, 3.8) is 0 Å². The number of imide groups is 1. The maximum Gasteiger partial charge on any atom is 0.335 e. The van der Waals surface area contributed by atoms with Crippen molar-refractivity contribution in [1.29, 1.82) is 0 Å². The highest BCUT2D eigenvalue weighted by atomic mass is 16.4. The molecule has 2 aromatic carbocycles. The first-order chi connectivity index (χ1) is 12.5. The number of aromatic carboxylic acids is 1. The monoisotopic (exact) mass is 353 g/mol. The number of hydrogen-bond acceptors (Lipinski definition) is 4. The summed E-state index contributed by atoms with van der Waals surface area (Å²) in [5.74, 6) is -2.14. The van der Waals surface area contributed by atoms with Crippen LogP contribution in [-0.2, 0) is 9.59 Å². The molecule has 8 heteroatoms. The van der Waals surface area contributed by atoms with Gasteiger partial charge in [0.05, 0.1) is 5.56 Å². The summed E-state index contributed by atoms with van der Waals surface area (Å²) >= 11 is 0. The molecule has 0 spiro atoms. The Morgan fingerprint density at radius 1 is 1.04 bits per heavy atom. The van der Waals surface area contributed by atoms with Crippen molar-refractivity contribution in [3.8, 4) is 0 Å². The maximum absolute atomic E-state index is 12.4. The molecule has 1 unspecified atom stereocenters. The molecule has 0 saturated carbocycles. The summed E-state index contributed by atoms with van der Waals surface area (Å²) < 4.78 is 0. The number of carbonyl (C=O) groups is 4. The average molecular weight is 353 g/mol. The number of nitrogens with one attached hydrogen (secondary N) is 2. The van der Waals surface area contributed by atoms with Gasteiger partial charge in [0, 0.05) is 5.69 Å². The summed E-state index contributed by atoms with van der Waals surface area (Å²) in [6, 6.07) is 12.8. The van der Waals surface area contributed by atoms with Gasteiger partial charge >= 0.3 is 12.0 Å². The molecule has 0 aromatic heterocycles. The number of urea groups is 1. The van der Waals surface area contributed by atoms with Crippen LogP contribution in [0, 0.1) is 0 Å². The highest BCUT2D eigenvalue weighted by Gasteiger charge is 2.39. The van der Waals surface area contributed by atoms with E-state index in [2.05, 4.69) is 10.6 Å². The quantitative estimate of drug-likeness (QED) is 0.707. The molecule has 132 valence electrons. The Morgan fingerprint density at radius 3 is 2.31 bits per heavy atom. The van der Waals surface area contributed by atoms with Crippen LogP contribution >= 0.6 is 0 Å². The van der Waals surface area contributed by atoms with E-state index < -0.39 is 36.4 Å². The number of carboxylic acids is 1. The van der Waals surface area contributed by atoms with Gasteiger partial charge in [-0.2, -0.15) is 0 Å². The van der Waals surface area contributed by atoms with Crippen LogP contribution in [0.15, 0.2) is 54.6 Å². The zero-order valence-corrected chi connectivity index (χ0v) is 13.5. The van der Waals surface area contributed by atoms with Gasteiger partial charge in [-0.1, -0.05) is 30.3 Å². The molecule has 1 saturated heterocycles. The summed E-state index contributed by atoms with van der Waals surface area (Å²) in [4.78, 5) is 48.2. The predicted molar refractivity (Wildman–Crippen MR) is 91.5 cm³/mol. The standard InChI is InChI=1S/C18H15N3O5/c22-14(19-13-8-6-12(7-9-13)17(24)25)10-21-16(23)15(20-18(21)26)11-4-2-1-3-5-11/h1-9,15H,10H2,(H,19,22)(H,20,26)(H,24,25). The molecule has 1 atom stereocenters. The molecule has 26 heavy (non-hydrogen) atoms. The molecule has 3 rings (SSSR count). The lowest BCUT2D eigenvalue weighted by molar-refractivity contribution is -0.130. The minimum atomic E-state index is -1.07. The Morgan fingerprint density at radius 2 is 1.69 bits per heavy atom. The van der Waals surface area contributed by atoms with Crippen LogP contribution in [0.2, 0.25) is 0 Å². The normalized spacial score (nSPS) is 16.3. The topological polar surface area (TPSA) is 116 Å². The first kappa shape index (κ1) is 17.2. The van der Waals surface area contributed by atoms with Crippen LogP contribution in [0.5, 0.6) is 0 Å². The Kier molecular flexibility index (Phi) is 4.66. The van der Waals surface area contributed by atoms with E-state index in [1.165, 1.54) is 24.3 Å². The number of carboxylic acid groups (broad SMARTS) is 1. The van der Waals surface area contributed by atoms with Crippen molar-refractivity contribution < 1.29 is 24.3 Å². The molecular formula is C18H15N3O5. The third kappa shape index (κ3) is 3.54. The van der Waals surface area contributed by atoms with E-state index in [9.17, 15) is 19.2 Å². The van der Waals surface area contributed by atoms with Crippen molar-refractivity contribution in [2.45, 2.75) is 6.04 Å². The van der Waals surface area contributed by atoms with Gasteiger partial charge in [0.1, 0.15) is 12.6 Å². The molecule has 1 heterocycles. The van der Waals surface area contributed by atoms with E-state index in [4.69, 9.17) is 5.11 Å². The zero-order valence-electron chi connectivity index (χ0n) is 13.5. The fourth-order valence-electron chi connectivity index (χ4n) is 2.58. The second kappa shape index (κ2) is 7.06. The summed E-state index contributed by atoms with van der Waals surface area (Å²) in [5.41, 5.74) is 1.09. The first-order valence-corrected chi connectivity index (χ1v) is 7.76. The molecule has 0 radical (unpaired) electrons. The van der Waals surface area contributed by atoms with Crippen molar-refractivity contribution >= 4 is 29.5 Å². The minimum Gasteiger partial charge on any atom is -0.478 e. The van der Waals surface area contributed by atoms with Crippen molar-refractivity contribution in [1.82, 2.24) is 10.2 Å². The summed E-state index contributed by atoms with van der Waals surface area (Å²) in [5, 5.41) is 13.9. The fraction of sp³-hybridized carbons (Fsp3) is 0.111. The largest absolute Gasteiger partial charge is 0.478 e. The SMILES string of the molecule is O=C(CN1C(=O)NC(c2ccccc2)C1=O)Nc1ccc(C(=O)O)cc1. The Balaban J connectivity index is 1.64. The lowest BCUT2D eigenvalue weighted by atomic mass is 10.1. The maximum atomic E-state index is 12.4. The highest BCUT2D eigenvalue weighted by molar-refractivity contribution is 6.08. The van der Waals surface area contributed by atoms with Crippen LogP contribution in [-0.4, -0.2) is 40.4 Å². The van der Waals surface area contributed by atoms with Crippen LogP contribution in [0.3, 0.4) is 0 Å². The van der Waals surface area contributed by atoms with E-state index in [-0.39, 0.29) is 5.56 Å². The van der Waals surface area contributed by atoms with Crippen molar-refractivity contribution in [2.24, 2.45) is 0 Å². The third-order valence-corrected chi connectivity index (χ3v) is 3.88. The smallest absolute Gasteiger partial charge is 0.335 e. The molecule has 2 aromatic rings. The molecule has 1 aliphatic rings. The van der Waals surface area contributed by atoms with E-state index in [0.717, 1.165) is 4.90 Å². The van der Waals surface area contributed by atoms with Crippen LogP contribution in [0.1, 0.15) is 22.0 Å². The number of rotatable bonds is 5. The summed E-state index contributed by atoms with van der Waals surface area (Å²) in [6.45, 7) is -0.436. The Labute approximate surface area is 148 Å². The van der Waals surface area contributed by atoms with Gasteiger partial charge in [-0.25, -0.2) is 9.59 Å². The number of hydrogen-bond donors (Lipinski definition) is 3. The number of carbonyl (C=O) groups excluding carboxylic acids is 3. The first-order valence-electron chi connectivity index (χ1n) is 7.76. The van der Waals surface area contributed by atoms with Crippen LogP contribution in [0.25, 0.3) is 0 Å². The number of anilines is 1. The zero-order chi connectivity index (χ0) is 18.7. The molecule has 8 nitrogen and oxygen atoms in total. The fourth-order valence-corrected chi connectivity index (χ4v) is 2.58.